The molecule has 1 atom stereocenters. The van der Waals surface area contributed by atoms with Crippen molar-refractivity contribution < 1.29 is 0 Å². The van der Waals surface area contributed by atoms with Gasteiger partial charge in [-0.2, -0.15) is 0 Å². The zero-order valence-electron chi connectivity index (χ0n) is 11.1. The number of rotatable bonds is 3. The van der Waals surface area contributed by atoms with Crippen LogP contribution in [0.1, 0.15) is 17.0 Å². The number of hydrogen-bond donors (Lipinski definition) is 0. The van der Waals surface area contributed by atoms with Crippen LogP contribution in [0.4, 0.5) is 0 Å². The Morgan fingerprint density at radius 3 is 2.42 bits per heavy atom. The van der Waals surface area contributed by atoms with Gasteiger partial charge in [0.2, 0.25) is 0 Å². The lowest BCUT2D eigenvalue weighted by Crippen LogP contribution is -1.96. The summed E-state index contributed by atoms with van der Waals surface area (Å²) in [6.45, 7) is 4.02. The van der Waals surface area contributed by atoms with Crippen molar-refractivity contribution in [2.24, 2.45) is 7.05 Å². The predicted octanol–water partition coefficient (Wildman–Crippen LogP) is 4.50. The summed E-state index contributed by atoms with van der Waals surface area (Å²) in [5.74, 6) is 0.243. The van der Waals surface area contributed by atoms with E-state index in [9.17, 15) is 0 Å². The highest BCUT2D eigenvalue weighted by Gasteiger charge is 2.15. The van der Waals surface area contributed by atoms with Crippen molar-refractivity contribution >= 4 is 10.9 Å². The molecule has 0 saturated carbocycles. The number of para-hydroxylation sites is 1. The number of allylic oxidation sites excluding steroid dienone is 1. The van der Waals surface area contributed by atoms with E-state index in [1.165, 1.54) is 22.0 Å². The molecule has 3 aromatic rings. The van der Waals surface area contributed by atoms with Gasteiger partial charge in [0.1, 0.15) is 0 Å². The van der Waals surface area contributed by atoms with Crippen LogP contribution < -0.4 is 0 Å². The first-order valence-electron chi connectivity index (χ1n) is 6.52. The third kappa shape index (κ3) is 1.97. The molecule has 0 spiro atoms. The molecular formula is C18H17N. The molecule has 94 valence electrons. The molecule has 0 N–H and O–H groups in total. The lowest BCUT2D eigenvalue weighted by atomic mass is 9.91. The molecule has 0 saturated heterocycles. The molecule has 1 heteroatoms. The third-order valence-electron chi connectivity index (χ3n) is 3.66. The van der Waals surface area contributed by atoms with Gasteiger partial charge < -0.3 is 4.57 Å². The van der Waals surface area contributed by atoms with Crippen molar-refractivity contribution in [1.29, 1.82) is 0 Å². The monoisotopic (exact) mass is 247 g/mol. The maximum atomic E-state index is 4.02. The molecule has 0 aliphatic heterocycles. The minimum atomic E-state index is 0.243. The van der Waals surface area contributed by atoms with Crippen LogP contribution in [-0.4, -0.2) is 4.57 Å². The van der Waals surface area contributed by atoms with E-state index in [1.54, 1.807) is 0 Å². The summed E-state index contributed by atoms with van der Waals surface area (Å²) < 4.78 is 2.18. The van der Waals surface area contributed by atoms with E-state index in [0.29, 0.717) is 0 Å². The van der Waals surface area contributed by atoms with Gasteiger partial charge in [-0.15, -0.1) is 6.58 Å². The van der Waals surface area contributed by atoms with Gasteiger partial charge in [0.25, 0.3) is 0 Å². The maximum absolute atomic E-state index is 4.02. The molecule has 0 aliphatic carbocycles. The molecule has 1 nitrogen and oxygen atoms in total. The average molecular weight is 247 g/mol. The Morgan fingerprint density at radius 1 is 1.00 bits per heavy atom. The molecule has 0 radical (unpaired) electrons. The van der Waals surface area contributed by atoms with Crippen LogP contribution in [0.5, 0.6) is 0 Å². The van der Waals surface area contributed by atoms with Crippen LogP contribution in [0.25, 0.3) is 10.9 Å². The fourth-order valence-corrected chi connectivity index (χ4v) is 2.72. The highest BCUT2D eigenvalue weighted by Crippen LogP contribution is 2.32. The number of aryl methyl sites for hydroxylation is 1. The lowest BCUT2D eigenvalue weighted by molar-refractivity contribution is 0.941. The summed E-state index contributed by atoms with van der Waals surface area (Å²) in [5.41, 5.74) is 3.87. The van der Waals surface area contributed by atoms with E-state index in [1.807, 2.05) is 12.1 Å². The SMILES string of the molecule is C=C[C@H](c1ccccc1)c1cn(C)c2ccccc12. The van der Waals surface area contributed by atoms with Crippen molar-refractivity contribution in [2.45, 2.75) is 5.92 Å². The van der Waals surface area contributed by atoms with E-state index >= 15 is 0 Å². The van der Waals surface area contributed by atoms with Crippen molar-refractivity contribution in [2.75, 3.05) is 0 Å². The molecule has 1 aromatic heterocycles. The van der Waals surface area contributed by atoms with E-state index in [4.69, 9.17) is 0 Å². The van der Waals surface area contributed by atoms with Crippen LogP contribution in [0.2, 0.25) is 0 Å². The second kappa shape index (κ2) is 4.77. The van der Waals surface area contributed by atoms with Gasteiger partial charge in [0, 0.05) is 30.1 Å². The Morgan fingerprint density at radius 2 is 1.68 bits per heavy atom. The second-order valence-electron chi connectivity index (χ2n) is 4.84. The number of fused-ring (bicyclic) bond motifs is 1. The minimum Gasteiger partial charge on any atom is -0.350 e. The normalized spacial score (nSPS) is 12.5. The number of aromatic nitrogens is 1. The summed E-state index contributed by atoms with van der Waals surface area (Å²) >= 11 is 0. The molecular weight excluding hydrogens is 230 g/mol. The predicted molar refractivity (Wildman–Crippen MR) is 81.4 cm³/mol. The van der Waals surface area contributed by atoms with Gasteiger partial charge in [0.05, 0.1) is 0 Å². The number of benzene rings is 2. The zero-order valence-corrected chi connectivity index (χ0v) is 11.1. The number of nitrogens with zero attached hydrogens (tertiary/aromatic N) is 1. The molecule has 0 aliphatic rings. The minimum absolute atomic E-state index is 0.243. The Bertz CT molecular complexity index is 707. The molecule has 0 fully saturated rings. The Kier molecular flexibility index (Phi) is 2.96. The first-order chi connectivity index (χ1) is 9.31. The smallest absolute Gasteiger partial charge is 0.0480 e. The summed E-state index contributed by atoms with van der Waals surface area (Å²) in [6.07, 6.45) is 4.24. The van der Waals surface area contributed by atoms with E-state index in [2.05, 4.69) is 72.9 Å². The lowest BCUT2D eigenvalue weighted by Gasteiger charge is -2.12. The zero-order chi connectivity index (χ0) is 13.2. The van der Waals surface area contributed by atoms with Crippen LogP contribution in [0.15, 0.2) is 73.4 Å². The van der Waals surface area contributed by atoms with Crippen molar-refractivity contribution in [3.8, 4) is 0 Å². The first kappa shape index (κ1) is 11.8. The molecule has 0 amide bonds. The number of hydrogen-bond acceptors (Lipinski definition) is 0. The second-order valence-corrected chi connectivity index (χ2v) is 4.84. The van der Waals surface area contributed by atoms with Gasteiger partial charge in [0.15, 0.2) is 0 Å². The quantitative estimate of drug-likeness (QED) is 0.601. The van der Waals surface area contributed by atoms with Gasteiger partial charge >= 0.3 is 0 Å². The topological polar surface area (TPSA) is 4.93 Å². The van der Waals surface area contributed by atoms with Crippen molar-refractivity contribution in [3.05, 3.63) is 84.6 Å². The van der Waals surface area contributed by atoms with E-state index in [0.717, 1.165) is 0 Å². The Balaban J connectivity index is 2.20. The van der Waals surface area contributed by atoms with Gasteiger partial charge in [-0.05, 0) is 17.2 Å². The first-order valence-corrected chi connectivity index (χ1v) is 6.52. The van der Waals surface area contributed by atoms with Crippen LogP contribution >= 0.6 is 0 Å². The molecule has 0 bridgehead atoms. The maximum Gasteiger partial charge on any atom is 0.0480 e. The molecule has 1 heterocycles. The Labute approximate surface area is 113 Å². The standard InChI is InChI=1S/C18H17N/c1-3-15(14-9-5-4-6-10-14)17-13-19(2)18-12-8-7-11-16(17)18/h3-13,15H,1H2,2H3/t15-/m1/s1. The van der Waals surface area contributed by atoms with Crippen LogP contribution in [-0.2, 0) is 7.05 Å². The third-order valence-corrected chi connectivity index (χ3v) is 3.66. The Hall–Kier alpha value is -2.28. The summed E-state index contributed by atoms with van der Waals surface area (Å²) in [7, 11) is 2.09. The van der Waals surface area contributed by atoms with Crippen LogP contribution in [0.3, 0.4) is 0 Å². The van der Waals surface area contributed by atoms with Gasteiger partial charge in [-0.1, -0.05) is 54.6 Å². The van der Waals surface area contributed by atoms with Crippen LogP contribution in [0, 0.1) is 0 Å². The van der Waals surface area contributed by atoms with Crippen molar-refractivity contribution in [3.63, 3.8) is 0 Å². The fourth-order valence-electron chi connectivity index (χ4n) is 2.72. The van der Waals surface area contributed by atoms with Crippen molar-refractivity contribution in [1.82, 2.24) is 4.57 Å². The van der Waals surface area contributed by atoms with E-state index < -0.39 is 0 Å². The molecule has 2 aromatic carbocycles. The summed E-state index contributed by atoms with van der Waals surface area (Å²) in [6, 6.07) is 19.0. The highest BCUT2D eigenvalue weighted by atomic mass is 14.9. The van der Waals surface area contributed by atoms with E-state index in [-0.39, 0.29) is 5.92 Å². The highest BCUT2D eigenvalue weighted by molar-refractivity contribution is 5.85. The fraction of sp³-hybridized carbons (Fsp3) is 0.111. The molecule has 0 unspecified atom stereocenters. The van der Waals surface area contributed by atoms with Gasteiger partial charge in [-0.3, -0.25) is 0 Å². The largest absolute Gasteiger partial charge is 0.350 e. The molecule has 19 heavy (non-hydrogen) atoms. The summed E-state index contributed by atoms with van der Waals surface area (Å²) in [4.78, 5) is 0. The van der Waals surface area contributed by atoms with Gasteiger partial charge in [-0.25, -0.2) is 0 Å². The summed E-state index contributed by atoms with van der Waals surface area (Å²) in [5, 5.41) is 1.30. The molecule has 3 rings (SSSR count). The average Bonchev–Trinajstić information content (AvgIpc) is 2.79.